The van der Waals surface area contributed by atoms with Crippen molar-refractivity contribution in [1.82, 2.24) is 0 Å². The fourth-order valence-electron chi connectivity index (χ4n) is 2.14. The van der Waals surface area contributed by atoms with Crippen LogP contribution < -0.4 is 0 Å². The number of cyclic esters (lactones) is 1. The van der Waals surface area contributed by atoms with E-state index in [4.69, 9.17) is 0 Å². The average Bonchev–Trinajstić information content (AvgIpc) is 3.19. The van der Waals surface area contributed by atoms with Crippen molar-refractivity contribution < 1.29 is 55.4 Å². The Kier molecular flexibility index (Phi) is 5.93. The van der Waals surface area contributed by atoms with Crippen LogP contribution in [0.1, 0.15) is 24.0 Å². The molecular weight excluding hydrogens is 384 g/mol. The van der Waals surface area contributed by atoms with Crippen LogP contribution in [0, 0.1) is 32.1 Å². The number of fused-ring (bicyclic) bond motifs is 1. The van der Waals surface area contributed by atoms with Crippen LogP contribution in [0.2, 0.25) is 0 Å². The summed E-state index contributed by atoms with van der Waals surface area (Å²) in [6.45, 7) is 1.66. The normalized spacial score (nSPS) is 22.2. The Morgan fingerprint density at radius 1 is 1.35 bits per heavy atom. The standard InChI is InChI=1S/C15H12F3NO2.CH3.Y/c1-9-2-5-12-11(8-9)14(15(16,17)18,21-13(20)19-12)7-6-10-3-4-10;;/h2,5,8,10H,3-4H2,1H3,(H,19,20);1H3;/q;-1;/p-1. The molecule has 121 valence electrons. The molecule has 1 aliphatic heterocycles. The molecule has 1 aromatic carbocycles. The molecule has 0 spiro atoms. The van der Waals surface area contributed by atoms with Crippen LogP contribution >= 0.6 is 0 Å². The number of ether oxygens (including phenoxy) is 1. The summed E-state index contributed by atoms with van der Waals surface area (Å²) in [7, 11) is 0. The molecule has 1 aliphatic carbocycles. The molecule has 2 aliphatic rings. The van der Waals surface area contributed by atoms with Crippen molar-refractivity contribution in [2.75, 3.05) is 0 Å². The first kappa shape index (κ1) is 20.0. The number of rotatable bonds is 0. The van der Waals surface area contributed by atoms with Gasteiger partial charge in [0.15, 0.2) is 0 Å². The largest absolute Gasteiger partial charge is 0.590 e. The minimum Gasteiger partial charge on any atom is -0.590 e. The monoisotopic (exact) mass is 398 g/mol. The van der Waals surface area contributed by atoms with Crippen LogP contribution in [0.5, 0.6) is 0 Å². The van der Waals surface area contributed by atoms with Crippen LogP contribution in [0.4, 0.5) is 23.7 Å². The number of hydrogen-bond donors (Lipinski definition) is 0. The van der Waals surface area contributed by atoms with Gasteiger partial charge in [0.1, 0.15) is 0 Å². The van der Waals surface area contributed by atoms with E-state index in [-0.39, 0.29) is 57.3 Å². The van der Waals surface area contributed by atoms with Gasteiger partial charge in [0.2, 0.25) is 6.09 Å². The molecule has 7 heteroatoms. The number of amides is 1. The summed E-state index contributed by atoms with van der Waals surface area (Å²) >= 11 is 0. The first-order chi connectivity index (χ1) is 9.82. The summed E-state index contributed by atoms with van der Waals surface area (Å²) in [4.78, 5) is 11.5. The zero-order chi connectivity index (χ0) is 15.3. The first-order valence-corrected chi connectivity index (χ1v) is 6.47. The second-order valence-electron chi connectivity index (χ2n) is 5.22. The summed E-state index contributed by atoms with van der Waals surface area (Å²) in [5.41, 5.74) is -2.57. The molecule has 3 rings (SSSR count). The van der Waals surface area contributed by atoms with Crippen LogP contribution in [0.25, 0.3) is 5.32 Å². The van der Waals surface area contributed by atoms with E-state index in [1.54, 1.807) is 13.0 Å². The van der Waals surface area contributed by atoms with Gasteiger partial charge in [-0.1, -0.05) is 29.7 Å². The summed E-state index contributed by atoms with van der Waals surface area (Å²) in [5.74, 6) is 4.69. The number of carbonyl (C=O) groups is 1. The summed E-state index contributed by atoms with van der Waals surface area (Å²) < 4.78 is 45.5. The molecule has 1 aromatic rings. The Hall–Kier alpha value is -1.06. The van der Waals surface area contributed by atoms with Crippen molar-refractivity contribution in [3.8, 4) is 11.8 Å². The van der Waals surface area contributed by atoms with Crippen molar-refractivity contribution in [2.45, 2.75) is 31.5 Å². The van der Waals surface area contributed by atoms with Gasteiger partial charge in [-0.2, -0.15) is 13.2 Å². The molecule has 1 unspecified atom stereocenters. The number of alkyl halides is 3. The van der Waals surface area contributed by atoms with Crippen molar-refractivity contribution in [3.05, 3.63) is 42.1 Å². The van der Waals surface area contributed by atoms with Gasteiger partial charge in [0.05, 0.1) is 0 Å². The van der Waals surface area contributed by atoms with Gasteiger partial charge in [-0.05, 0) is 25.7 Å². The molecule has 1 amide bonds. The second-order valence-corrected chi connectivity index (χ2v) is 5.22. The van der Waals surface area contributed by atoms with E-state index in [1.807, 2.05) is 0 Å². The number of hydrogen-bond acceptors (Lipinski definition) is 2. The minimum absolute atomic E-state index is 0. The Labute approximate surface area is 158 Å². The summed E-state index contributed by atoms with van der Waals surface area (Å²) in [6.07, 6.45) is -4.54. The Balaban J connectivity index is 0.00000132. The zero-order valence-electron chi connectivity index (χ0n) is 12.7. The molecule has 0 aromatic heterocycles. The summed E-state index contributed by atoms with van der Waals surface area (Å²) in [5, 5.41) is 3.51. The topological polar surface area (TPSA) is 40.4 Å². The molecule has 1 atom stereocenters. The molecule has 23 heavy (non-hydrogen) atoms. The van der Waals surface area contributed by atoms with Gasteiger partial charge in [0, 0.05) is 44.2 Å². The van der Waals surface area contributed by atoms with E-state index < -0.39 is 17.9 Å². The minimum atomic E-state index is -4.83. The second kappa shape index (κ2) is 6.82. The third kappa shape index (κ3) is 3.72. The van der Waals surface area contributed by atoms with E-state index in [0.29, 0.717) is 5.56 Å². The van der Waals surface area contributed by atoms with Crippen molar-refractivity contribution in [3.63, 3.8) is 0 Å². The van der Waals surface area contributed by atoms with Crippen LogP contribution in [0.3, 0.4) is 0 Å². The Morgan fingerprint density at radius 3 is 2.57 bits per heavy atom. The fraction of sp³-hybridized carbons (Fsp3) is 0.375. The smallest absolute Gasteiger partial charge is 0.444 e. The maximum Gasteiger partial charge on any atom is 0.444 e. The number of carbonyl (C=O) groups excluding carboxylic acids is 1. The predicted octanol–water partition coefficient (Wildman–Crippen LogP) is 4.77. The van der Waals surface area contributed by atoms with Gasteiger partial charge in [-0.3, -0.25) is 4.79 Å². The maximum absolute atomic E-state index is 13.6. The predicted molar refractivity (Wildman–Crippen MR) is 75.3 cm³/mol. The third-order valence-electron chi connectivity index (χ3n) is 3.41. The maximum atomic E-state index is 13.6. The molecule has 0 N–H and O–H groups in total. The molecule has 0 saturated heterocycles. The number of benzene rings is 1. The van der Waals surface area contributed by atoms with E-state index >= 15 is 0 Å². The number of nitrogens with zero attached hydrogens (tertiary/aromatic N) is 1. The molecule has 3 nitrogen and oxygen atoms in total. The van der Waals surface area contributed by atoms with Gasteiger partial charge >= 0.3 is 6.18 Å². The quantitative estimate of drug-likeness (QED) is 0.467. The van der Waals surface area contributed by atoms with Crippen molar-refractivity contribution in [2.24, 2.45) is 5.92 Å². The third-order valence-corrected chi connectivity index (χ3v) is 3.41. The fourth-order valence-corrected chi connectivity index (χ4v) is 2.14. The van der Waals surface area contributed by atoms with Crippen molar-refractivity contribution >= 4 is 11.8 Å². The SMILES string of the molecule is Cc1ccc2c(c1)C(C#CC1CC1)(C(F)(F)F)OC(=O)[N-]2.[CH3-].[Y]. The average molecular weight is 398 g/mol. The first-order valence-electron chi connectivity index (χ1n) is 6.47. The van der Waals surface area contributed by atoms with E-state index in [1.165, 1.54) is 12.1 Å². The Bertz CT molecular complexity index is 674. The van der Waals surface area contributed by atoms with E-state index in [9.17, 15) is 18.0 Å². The molecular formula is C16H14F3NO2Y-2. The van der Waals surface area contributed by atoms with Gasteiger partial charge < -0.3 is 17.5 Å². The molecule has 1 radical (unpaired) electrons. The molecule has 1 fully saturated rings. The van der Waals surface area contributed by atoms with Gasteiger partial charge in [-0.15, -0.1) is 5.69 Å². The summed E-state index contributed by atoms with van der Waals surface area (Å²) in [6, 6.07) is 4.29. The zero-order valence-corrected chi connectivity index (χ0v) is 15.5. The van der Waals surface area contributed by atoms with Crippen molar-refractivity contribution in [1.29, 1.82) is 0 Å². The Morgan fingerprint density at radius 2 is 2.00 bits per heavy atom. The van der Waals surface area contributed by atoms with Crippen LogP contribution in [-0.4, -0.2) is 12.3 Å². The van der Waals surface area contributed by atoms with Crippen LogP contribution in [-0.2, 0) is 43.0 Å². The molecule has 0 bridgehead atoms. The van der Waals surface area contributed by atoms with Gasteiger partial charge in [0.25, 0.3) is 5.60 Å². The molecule has 1 heterocycles. The van der Waals surface area contributed by atoms with E-state index in [0.717, 1.165) is 12.8 Å². The number of halogens is 3. The van der Waals surface area contributed by atoms with Gasteiger partial charge in [-0.25, -0.2) is 0 Å². The van der Waals surface area contributed by atoms with Crippen LogP contribution in [0.15, 0.2) is 18.2 Å². The molecule has 1 saturated carbocycles. The van der Waals surface area contributed by atoms with E-state index in [2.05, 4.69) is 21.9 Å². The number of aryl methyl sites for hydroxylation is 1.